The van der Waals surface area contributed by atoms with Gasteiger partial charge >= 0.3 is 0 Å². The molecule has 78 valence electrons. The van der Waals surface area contributed by atoms with Gasteiger partial charge in [-0.3, -0.25) is 0 Å². The van der Waals surface area contributed by atoms with Crippen molar-refractivity contribution >= 4 is 5.57 Å². The molecule has 0 N–H and O–H groups in total. The molecule has 0 bridgehead atoms. The zero-order valence-corrected chi connectivity index (χ0v) is 8.75. The molecule has 2 nitrogen and oxygen atoms in total. The number of rotatable bonds is 3. The second-order valence-corrected chi connectivity index (χ2v) is 3.05. The summed E-state index contributed by atoms with van der Waals surface area (Å²) < 4.78 is 17.7. The normalized spacial score (nSPS) is 10.9. The molecule has 0 amide bonds. The molecule has 0 saturated heterocycles. The van der Waals surface area contributed by atoms with Gasteiger partial charge in [0.15, 0.2) is 0 Å². The van der Waals surface area contributed by atoms with Crippen molar-refractivity contribution < 1.29 is 9.13 Å². The minimum Gasteiger partial charge on any atom is -0.494 e. The Morgan fingerprint density at radius 2 is 2.33 bits per heavy atom. The Hall–Kier alpha value is -1.82. The SMILES string of the molecule is CCOc1cc(/C(C#N)=C/F)ccc1C. The number of aryl methyl sites for hydroxylation is 1. The van der Waals surface area contributed by atoms with Crippen LogP contribution in [0.2, 0.25) is 0 Å². The number of halogens is 1. The average Bonchev–Trinajstić information content (AvgIpc) is 2.25. The number of nitrogens with zero attached hydrogens (tertiary/aromatic N) is 1. The van der Waals surface area contributed by atoms with Crippen molar-refractivity contribution in [2.75, 3.05) is 6.61 Å². The van der Waals surface area contributed by atoms with E-state index in [1.807, 2.05) is 13.8 Å². The number of nitriles is 1. The lowest BCUT2D eigenvalue weighted by atomic mass is 10.1. The minimum absolute atomic E-state index is 0.0101. The van der Waals surface area contributed by atoms with Crippen molar-refractivity contribution in [3.8, 4) is 11.8 Å². The van der Waals surface area contributed by atoms with E-state index in [0.717, 1.165) is 5.56 Å². The third-order valence-electron chi connectivity index (χ3n) is 2.03. The van der Waals surface area contributed by atoms with Crippen molar-refractivity contribution in [1.82, 2.24) is 0 Å². The molecule has 15 heavy (non-hydrogen) atoms. The summed E-state index contributed by atoms with van der Waals surface area (Å²) in [5.74, 6) is 0.685. The standard InChI is InChI=1S/C12H12FNO/c1-3-15-12-6-10(5-4-9(12)2)11(7-13)8-14/h4-7H,3H2,1-2H3/b11-7+. The Balaban J connectivity index is 3.13. The van der Waals surface area contributed by atoms with E-state index in [9.17, 15) is 4.39 Å². The molecule has 0 aliphatic heterocycles. The van der Waals surface area contributed by atoms with Crippen LogP contribution in [-0.2, 0) is 0 Å². The highest BCUT2D eigenvalue weighted by Crippen LogP contribution is 2.23. The van der Waals surface area contributed by atoms with Crippen LogP contribution < -0.4 is 4.74 Å². The van der Waals surface area contributed by atoms with Crippen LogP contribution in [0.4, 0.5) is 4.39 Å². The maximum absolute atomic E-state index is 12.3. The van der Waals surface area contributed by atoms with Crippen molar-refractivity contribution in [3.63, 3.8) is 0 Å². The van der Waals surface area contributed by atoms with Crippen LogP contribution in [0, 0.1) is 18.3 Å². The second-order valence-electron chi connectivity index (χ2n) is 3.05. The molecular weight excluding hydrogens is 193 g/mol. The van der Waals surface area contributed by atoms with Crippen LogP contribution in [0.1, 0.15) is 18.1 Å². The largest absolute Gasteiger partial charge is 0.494 e. The van der Waals surface area contributed by atoms with Gasteiger partial charge in [0.2, 0.25) is 0 Å². The van der Waals surface area contributed by atoms with E-state index in [1.54, 1.807) is 24.3 Å². The molecule has 0 aliphatic carbocycles. The zero-order chi connectivity index (χ0) is 11.3. The van der Waals surface area contributed by atoms with Gasteiger partial charge in [-0.1, -0.05) is 12.1 Å². The molecule has 1 rings (SSSR count). The minimum atomic E-state index is 0.0101. The number of hydrogen-bond acceptors (Lipinski definition) is 2. The summed E-state index contributed by atoms with van der Waals surface area (Å²) in [6.45, 7) is 4.33. The second kappa shape index (κ2) is 5.16. The number of allylic oxidation sites excluding steroid dienone is 1. The Morgan fingerprint density at radius 3 is 2.87 bits per heavy atom. The van der Waals surface area contributed by atoms with Gasteiger partial charge < -0.3 is 4.74 Å². The fourth-order valence-electron chi connectivity index (χ4n) is 1.23. The topological polar surface area (TPSA) is 33.0 Å². The molecule has 0 fully saturated rings. The van der Waals surface area contributed by atoms with E-state index < -0.39 is 0 Å². The predicted molar refractivity (Wildman–Crippen MR) is 57.0 cm³/mol. The van der Waals surface area contributed by atoms with Gasteiger partial charge in [0, 0.05) is 0 Å². The summed E-state index contributed by atoms with van der Waals surface area (Å²) in [5.41, 5.74) is 1.52. The number of benzene rings is 1. The van der Waals surface area contributed by atoms with Crippen LogP contribution in [0.25, 0.3) is 5.57 Å². The van der Waals surface area contributed by atoms with Gasteiger partial charge in [0.05, 0.1) is 12.2 Å². The Morgan fingerprint density at radius 1 is 1.60 bits per heavy atom. The van der Waals surface area contributed by atoms with Gasteiger partial charge in [-0.2, -0.15) is 5.26 Å². The van der Waals surface area contributed by atoms with Gasteiger partial charge in [-0.25, -0.2) is 4.39 Å². The zero-order valence-electron chi connectivity index (χ0n) is 8.75. The van der Waals surface area contributed by atoms with E-state index in [4.69, 9.17) is 10.00 Å². The lowest BCUT2D eigenvalue weighted by Crippen LogP contribution is -1.95. The maximum Gasteiger partial charge on any atom is 0.122 e. The van der Waals surface area contributed by atoms with Gasteiger partial charge in [0.1, 0.15) is 18.1 Å². The number of ether oxygens (including phenoxy) is 1. The van der Waals surface area contributed by atoms with Gasteiger partial charge in [0.25, 0.3) is 0 Å². The van der Waals surface area contributed by atoms with Crippen LogP contribution >= 0.6 is 0 Å². The molecule has 0 unspecified atom stereocenters. The molecule has 0 spiro atoms. The van der Waals surface area contributed by atoms with Crippen LogP contribution in [-0.4, -0.2) is 6.61 Å². The van der Waals surface area contributed by atoms with E-state index in [1.165, 1.54) is 0 Å². The molecule has 3 heteroatoms. The van der Waals surface area contributed by atoms with E-state index >= 15 is 0 Å². The first kappa shape index (κ1) is 11.3. The lowest BCUT2D eigenvalue weighted by molar-refractivity contribution is 0.338. The highest BCUT2D eigenvalue weighted by atomic mass is 19.1. The highest BCUT2D eigenvalue weighted by molar-refractivity contribution is 5.76. The van der Waals surface area contributed by atoms with Crippen molar-refractivity contribution in [3.05, 3.63) is 35.7 Å². The van der Waals surface area contributed by atoms with Crippen molar-refractivity contribution in [2.24, 2.45) is 0 Å². The summed E-state index contributed by atoms with van der Waals surface area (Å²) in [6.07, 6.45) is 0.306. The molecule has 0 saturated carbocycles. The molecule has 0 radical (unpaired) electrons. The smallest absolute Gasteiger partial charge is 0.122 e. The summed E-state index contributed by atoms with van der Waals surface area (Å²) in [4.78, 5) is 0. The van der Waals surface area contributed by atoms with Crippen LogP contribution in [0.3, 0.4) is 0 Å². The molecular formula is C12H12FNO. The average molecular weight is 205 g/mol. The highest BCUT2D eigenvalue weighted by Gasteiger charge is 2.05. The first-order valence-electron chi connectivity index (χ1n) is 4.67. The predicted octanol–water partition coefficient (Wildman–Crippen LogP) is 3.23. The Kier molecular flexibility index (Phi) is 3.87. The van der Waals surface area contributed by atoms with Crippen molar-refractivity contribution in [1.29, 1.82) is 5.26 Å². The number of hydrogen-bond donors (Lipinski definition) is 0. The summed E-state index contributed by atoms with van der Waals surface area (Å²) in [5, 5.41) is 8.67. The van der Waals surface area contributed by atoms with E-state index in [0.29, 0.717) is 24.2 Å². The molecule has 0 heterocycles. The monoisotopic (exact) mass is 205 g/mol. The van der Waals surface area contributed by atoms with E-state index in [2.05, 4.69) is 0 Å². The quantitative estimate of drug-likeness (QED) is 0.710. The van der Waals surface area contributed by atoms with Crippen LogP contribution in [0.5, 0.6) is 5.75 Å². The first-order chi connectivity index (χ1) is 7.22. The fourth-order valence-corrected chi connectivity index (χ4v) is 1.23. The summed E-state index contributed by atoms with van der Waals surface area (Å²) in [6, 6.07) is 6.97. The summed E-state index contributed by atoms with van der Waals surface area (Å²) >= 11 is 0. The molecule has 1 aromatic rings. The third kappa shape index (κ3) is 2.57. The molecule has 0 atom stereocenters. The molecule has 0 aliphatic rings. The Bertz CT molecular complexity index is 418. The van der Waals surface area contributed by atoms with Crippen LogP contribution in [0.15, 0.2) is 24.5 Å². The van der Waals surface area contributed by atoms with Gasteiger partial charge in [-0.05, 0) is 31.0 Å². The van der Waals surface area contributed by atoms with Crippen molar-refractivity contribution in [2.45, 2.75) is 13.8 Å². The fraction of sp³-hybridized carbons (Fsp3) is 0.250. The lowest BCUT2D eigenvalue weighted by Gasteiger charge is -2.08. The maximum atomic E-state index is 12.3. The van der Waals surface area contributed by atoms with E-state index in [-0.39, 0.29) is 5.57 Å². The first-order valence-corrected chi connectivity index (χ1v) is 4.67. The Labute approximate surface area is 88.6 Å². The molecule has 0 aromatic heterocycles. The van der Waals surface area contributed by atoms with Gasteiger partial charge in [-0.15, -0.1) is 0 Å². The third-order valence-corrected chi connectivity index (χ3v) is 2.03. The molecule has 1 aromatic carbocycles. The summed E-state index contributed by atoms with van der Waals surface area (Å²) in [7, 11) is 0.